The monoisotopic (exact) mass is 261 g/mol. The second kappa shape index (κ2) is 4.57. The van der Waals surface area contributed by atoms with Gasteiger partial charge in [-0.15, -0.1) is 0 Å². The summed E-state index contributed by atoms with van der Waals surface area (Å²) in [5, 5.41) is 31.4. The molecule has 7 nitrogen and oxygen atoms in total. The van der Waals surface area contributed by atoms with Crippen LogP contribution in [0.15, 0.2) is 18.2 Å². The van der Waals surface area contributed by atoms with Crippen LogP contribution < -0.4 is 5.32 Å². The van der Waals surface area contributed by atoms with Gasteiger partial charge in [0.05, 0.1) is 22.0 Å². The number of carboxylic acids is 1. The van der Waals surface area contributed by atoms with Crippen molar-refractivity contribution >= 4 is 17.3 Å². The first-order valence-corrected chi connectivity index (χ1v) is 5.64. The van der Waals surface area contributed by atoms with Gasteiger partial charge in [-0.25, -0.2) is 0 Å². The van der Waals surface area contributed by atoms with Gasteiger partial charge in [0, 0.05) is 12.6 Å². The van der Waals surface area contributed by atoms with Crippen molar-refractivity contribution in [2.24, 2.45) is 5.41 Å². The standard InChI is InChI=1S/C12H11N3O4/c13-6-8-1-2-9(10(5-8)15(18)19)14-7-12(3-4-12)11(16)17/h1-2,5,14H,3-4,7H2,(H,16,17). The Morgan fingerprint density at radius 1 is 1.58 bits per heavy atom. The summed E-state index contributed by atoms with van der Waals surface area (Å²) in [6.45, 7) is 0.148. The van der Waals surface area contributed by atoms with Crippen LogP contribution in [-0.4, -0.2) is 22.5 Å². The molecule has 1 aliphatic carbocycles. The van der Waals surface area contributed by atoms with E-state index in [4.69, 9.17) is 10.4 Å². The van der Waals surface area contributed by atoms with Crippen molar-refractivity contribution in [1.29, 1.82) is 5.26 Å². The molecule has 2 N–H and O–H groups in total. The number of nitrogens with one attached hydrogen (secondary N) is 1. The molecule has 98 valence electrons. The average molecular weight is 261 g/mol. The highest BCUT2D eigenvalue weighted by molar-refractivity contribution is 5.79. The fraction of sp³-hybridized carbons (Fsp3) is 0.333. The maximum Gasteiger partial charge on any atom is 0.311 e. The van der Waals surface area contributed by atoms with Gasteiger partial charge in [0.1, 0.15) is 5.69 Å². The van der Waals surface area contributed by atoms with Crippen LogP contribution in [0.2, 0.25) is 0 Å². The number of hydrogen-bond acceptors (Lipinski definition) is 5. The molecule has 1 fully saturated rings. The van der Waals surface area contributed by atoms with E-state index in [2.05, 4.69) is 5.32 Å². The van der Waals surface area contributed by atoms with Gasteiger partial charge in [0.2, 0.25) is 0 Å². The first kappa shape index (κ1) is 12.8. The molecular formula is C12H11N3O4. The minimum absolute atomic E-state index is 0.148. The van der Waals surface area contributed by atoms with Crippen molar-refractivity contribution in [3.63, 3.8) is 0 Å². The maximum absolute atomic E-state index is 11.0. The number of anilines is 1. The first-order chi connectivity index (χ1) is 8.98. The van der Waals surface area contributed by atoms with Crippen molar-refractivity contribution in [1.82, 2.24) is 0 Å². The molecule has 0 aromatic heterocycles. The van der Waals surface area contributed by atoms with Gasteiger partial charge in [-0.05, 0) is 25.0 Å². The Hall–Kier alpha value is -2.62. The number of nitro benzene ring substituents is 1. The van der Waals surface area contributed by atoms with Gasteiger partial charge in [0.15, 0.2) is 0 Å². The lowest BCUT2D eigenvalue weighted by Gasteiger charge is -2.12. The molecule has 0 unspecified atom stereocenters. The third kappa shape index (κ3) is 2.47. The highest BCUT2D eigenvalue weighted by Gasteiger charge is 2.50. The number of rotatable bonds is 5. The van der Waals surface area contributed by atoms with E-state index in [-0.39, 0.29) is 23.5 Å². The Morgan fingerprint density at radius 3 is 2.74 bits per heavy atom. The smallest absolute Gasteiger partial charge is 0.311 e. The molecule has 7 heteroatoms. The van der Waals surface area contributed by atoms with Crippen molar-refractivity contribution in [2.75, 3.05) is 11.9 Å². The second-order valence-corrected chi connectivity index (χ2v) is 4.54. The van der Waals surface area contributed by atoms with Crippen LogP contribution >= 0.6 is 0 Å². The van der Waals surface area contributed by atoms with Crippen LogP contribution in [0.1, 0.15) is 18.4 Å². The van der Waals surface area contributed by atoms with Crippen molar-refractivity contribution < 1.29 is 14.8 Å². The fourth-order valence-electron chi connectivity index (χ4n) is 1.78. The molecule has 2 rings (SSSR count). The number of benzene rings is 1. The van der Waals surface area contributed by atoms with Crippen LogP contribution in [-0.2, 0) is 4.79 Å². The summed E-state index contributed by atoms with van der Waals surface area (Å²) in [6, 6.07) is 5.87. The highest BCUT2D eigenvalue weighted by Crippen LogP contribution is 2.46. The molecule has 1 aliphatic rings. The molecule has 0 heterocycles. The lowest BCUT2D eigenvalue weighted by molar-refractivity contribution is -0.384. The third-order valence-electron chi connectivity index (χ3n) is 3.25. The third-order valence-corrected chi connectivity index (χ3v) is 3.25. The summed E-state index contributed by atoms with van der Waals surface area (Å²) in [7, 11) is 0. The van der Waals surface area contributed by atoms with Gasteiger partial charge in [-0.3, -0.25) is 14.9 Å². The van der Waals surface area contributed by atoms with E-state index in [0.717, 1.165) is 0 Å². The Kier molecular flexibility index (Phi) is 3.09. The first-order valence-electron chi connectivity index (χ1n) is 5.64. The van der Waals surface area contributed by atoms with Gasteiger partial charge in [-0.2, -0.15) is 5.26 Å². The fourth-order valence-corrected chi connectivity index (χ4v) is 1.78. The Labute approximate surface area is 108 Å². The Balaban J connectivity index is 2.19. The number of nitro groups is 1. The van der Waals surface area contributed by atoms with E-state index in [1.54, 1.807) is 0 Å². The molecule has 0 bridgehead atoms. The number of hydrogen-bond donors (Lipinski definition) is 2. The summed E-state index contributed by atoms with van der Waals surface area (Å²) >= 11 is 0. The minimum Gasteiger partial charge on any atom is -0.481 e. The number of carboxylic acid groups (broad SMARTS) is 1. The maximum atomic E-state index is 11.0. The minimum atomic E-state index is -0.892. The van der Waals surface area contributed by atoms with Gasteiger partial charge >= 0.3 is 5.97 Å². The molecule has 1 saturated carbocycles. The zero-order valence-corrected chi connectivity index (χ0v) is 9.92. The predicted molar refractivity (Wildman–Crippen MR) is 65.6 cm³/mol. The van der Waals surface area contributed by atoms with Crippen LogP contribution in [0, 0.1) is 26.9 Å². The SMILES string of the molecule is N#Cc1ccc(NCC2(C(=O)O)CC2)c([N+](=O)[O-])c1. The number of aliphatic carboxylic acids is 1. The van der Waals surface area contributed by atoms with Crippen molar-refractivity contribution in [3.05, 3.63) is 33.9 Å². The van der Waals surface area contributed by atoms with Gasteiger partial charge in [-0.1, -0.05) is 0 Å². The summed E-state index contributed by atoms with van der Waals surface area (Å²) in [4.78, 5) is 21.3. The topological polar surface area (TPSA) is 116 Å². The van der Waals surface area contributed by atoms with Crippen LogP contribution in [0.4, 0.5) is 11.4 Å². The molecule has 1 aromatic rings. The van der Waals surface area contributed by atoms with Crippen LogP contribution in [0.5, 0.6) is 0 Å². The van der Waals surface area contributed by atoms with E-state index in [0.29, 0.717) is 12.8 Å². The lowest BCUT2D eigenvalue weighted by atomic mass is 10.1. The van der Waals surface area contributed by atoms with E-state index < -0.39 is 16.3 Å². The number of nitrogens with zero attached hydrogens (tertiary/aromatic N) is 2. The molecule has 0 saturated heterocycles. The Morgan fingerprint density at radius 2 is 2.26 bits per heavy atom. The molecule has 0 atom stereocenters. The molecule has 19 heavy (non-hydrogen) atoms. The van der Waals surface area contributed by atoms with E-state index in [9.17, 15) is 14.9 Å². The van der Waals surface area contributed by atoms with Crippen molar-refractivity contribution in [3.8, 4) is 6.07 Å². The molecule has 0 radical (unpaired) electrons. The van der Waals surface area contributed by atoms with Crippen LogP contribution in [0.25, 0.3) is 0 Å². The quantitative estimate of drug-likeness (QED) is 0.616. The van der Waals surface area contributed by atoms with E-state index in [1.165, 1.54) is 18.2 Å². The zero-order valence-electron chi connectivity index (χ0n) is 9.92. The largest absolute Gasteiger partial charge is 0.481 e. The summed E-state index contributed by atoms with van der Waals surface area (Å²) < 4.78 is 0. The van der Waals surface area contributed by atoms with Gasteiger partial charge < -0.3 is 10.4 Å². The van der Waals surface area contributed by atoms with E-state index in [1.807, 2.05) is 6.07 Å². The highest BCUT2D eigenvalue weighted by atomic mass is 16.6. The molecular weight excluding hydrogens is 250 g/mol. The zero-order chi connectivity index (χ0) is 14.0. The number of carbonyl (C=O) groups is 1. The molecule has 0 aliphatic heterocycles. The molecule has 0 spiro atoms. The molecule has 0 amide bonds. The van der Waals surface area contributed by atoms with Crippen molar-refractivity contribution in [2.45, 2.75) is 12.8 Å². The van der Waals surface area contributed by atoms with Crippen LogP contribution in [0.3, 0.4) is 0 Å². The predicted octanol–water partition coefficient (Wildman–Crippen LogP) is 1.74. The Bertz CT molecular complexity index is 587. The summed E-state index contributed by atoms with van der Waals surface area (Å²) in [6.07, 6.45) is 1.14. The summed E-state index contributed by atoms with van der Waals surface area (Å²) in [5.74, 6) is -0.892. The molecule has 1 aromatic carbocycles. The van der Waals surface area contributed by atoms with E-state index >= 15 is 0 Å². The van der Waals surface area contributed by atoms with Gasteiger partial charge in [0.25, 0.3) is 5.69 Å². The summed E-state index contributed by atoms with van der Waals surface area (Å²) in [5.41, 5.74) is -0.602. The second-order valence-electron chi connectivity index (χ2n) is 4.54. The normalized spacial score (nSPS) is 15.3. The lowest BCUT2D eigenvalue weighted by Crippen LogP contribution is -2.24. The number of nitriles is 1. The average Bonchev–Trinajstić information content (AvgIpc) is 3.17.